The summed E-state index contributed by atoms with van der Waals surface area (Å²) in [6.45, 7) is 3.56. The predicted molar refractivity (Wildman–Crippen MR) is 95.4 cm³/mol. The van der Waals surface area contributed by atoms with Crippen LogP contribution in [0.1, 0.15) is 28.6 Å². The largest absolute Gasteiger partial charge is 0.462 e. The lowest BCUT2D eigenvalue weighted by Crippen LogP contribution is -2.55. The van der Waals surface area contributed by atoms with E-state index >= 15 is 4.39 Å². The Hall–Kier alpha value is -2.32. The predicted octanol–water partition coefficient (Wildman–Crippen LogP) is 3.43. The van der Waals surface area contributed by atoms with Crippen molar-refractivity contribution in [2.24, 2.45) is 5.10 Å². The number of alkyl halides is 1. The lowest BCUT2D eigenvalue weighted by Gasteiger charge is -2.30. The van der Waals surface area contributed by atoms with Crippen molar-refractivity contribution in [2.75, 3.05) is 13.2 Å². The minimum Gasteiger partial charge on any atom is -0.462 e. The van der Waals surface area contributed by atoms with Gasteiger partial charge >= 0.3 is 12.0 Å². The number of nitrogens with one attached hydrogen (secondary N) is 1. The molecule has 132 valence electrons. The van der Waals surface area contributed by atoms with Gasteiger partial charge in [0.25, 0.3) is 0 Å². The Kier molecular flexibility index (Phi) is 4.57. The van der Waals surface area contributed by atoms with Crippen LogP contribution in [0.4, 0.5) is 14.2 Å². The van der Waals surface area contributed by atoms with Crippen LogP contribution in [0.5, 0.6) is 0 Å². The van der Waals surface area contributed by atoms with E-state index in [1.165, 1.54) is 12.4 Å². The zero-order valence-corrected chi connectivity index (χ0v) is 14.8. The van der Waals surface area contributed by atoms with Gasteiger partial charge in [-0.15, -0.1) is 0 Å². The number of allylic oxidation sites excluding steroid dienone is 3. The molecule has 2 heterocycles. The summed E-state index contributed by atoms with van der Waals surface area (Å²) >= 11 is 1.11. The number of esters is 1. The van der Waals surface area contributed by atoms with E-state index in [2.05, 4.69) is 10.4 Å². The van der Waals surface area contributed by atoms with E-state index in [9.17, 15) is 9.59 Å². The second-order valence-corrected chi connectivity index (χ2v) is 7.00. The maximum atomic E-state index is 15.2. The molecule has 1 aliphatic carbocycles. The van der Waals surface area contributed by atoms with Gasteiger partial charge in [0.1, 0.15) is 4.88 Å². The SMILES string of the molecule is CCOC(=O)c1sc([N+]2(CC3(F)C=CC=CC3)N=CNC2=O)cc1C. The number of hydrogen-bond donors (Lipinski definition) is 1. The zero-order valence-electron chi connectivity index (χ0n) is 14.0. The molecule has 1 N–H and O–H groups in total. The highest BCUT2D eigenvalue weighted by molar-refractivity contribution is 7.18. The van der Waals surface area contributed by atoms with Crippen molar-refractivity contribution in [2.45, 2.75) is 25.9 Å². The fourth-order valence-corrected chi connectivity index (χ4v) is 4.03. The van der Waals surface area contributed by atoms with Crippen LogP contribution in [0.15, 0.2) is 35.5 Å². The number of aryl methyl sites for hydroxylation is 1. The van der Waals surface area contributed by atoms with Gasteiger partial charge in [-0.3, -0.25) is 5.32 Å². The summed E-state index contributed by atoms with van der Waals surface area (Å²) in [5.41, 5.74) is -1.02. The number of hydrogen-bond acceptors (Lipinski definition) is 5. The van der Waals surface area contributed by atoms with E-state index in [1.54, 1.807) is 38.1 Å². The molecule has 0 aromatic carbocycles. The number of quaternary nitrogens is 1. The van der Waals surface area contributed by atoms with Crippen LogP contribution in [0, 0.1) is 6.92 Å². The molecular formula is C17H19FN3O3S+. The van der Waals surface area contributed by atoms with E-state index in [0.717, 1.165) is 11.3 Å². The number of urea groups is 1. The van der Waals surface area contributed by atoms with E-state index < -0.39 is 22.3 Å². The van der Waals surface area contributed by atoms with Crippen molar-refractivity contribution in [3.05, 3.63) is 40.8 Å². The second kappa shape index (κ2) is 6.53. The third kappa shape index (κ3) is 3.14. The maximum absolute atomic E-state index is 15.2. The Bertz CT molecular complexity index is 801. The van der Waals surface area contributed by atoms with Crippen LogP contribution < -0.4 is 9.91 Å². The number of ether oxygens (including phenoxy) is 1. The van der Waals surface area contributed by atoms with Crippen molar-refractivity contribution in [3.8, 4) is 0 Å². The molecule has 25 heavy (non-hydrogen) atoms. The number of halogens is 1. The molecule has 2 unspecified atom stereocenters. The summed E-state index contributed by atoms with van der Waals surface area (Å²) in [6, 6.07) is 1.25. The molecule has 2 atom stereocenters. The lowest BCUT2D eigenvalue weighted by molar-refractivity contribution is 0.0531. The van der Waals surface area contributed by atoms with Gasteiger partial charge in [0, 0.05) is 12.5 Å². The molecule has 1 aromatic rings. The Morgan fingerprint density at radius 3 is 2.92 bits per heavy atom. The molecule has 2 amide bonds. The van der Waals surface area contributed by atoms with Crippen LogP contribution in [0.25, 0.3) is 0 Å². The normalized spacial score (nSPS) is 27.6. The number of rotatable bonds is 5. The Labute approximate surface area is 148 Å². The fourth-order valence-electron chi connectivity index (χ4n) is 2.87. The fraction of sp³-hybridized carbons (Fsp3) is 0.353. The van der Waals surface area contributed by atoms with Gasteiger partial charge in [0.05, 0.1) is 6.61 Å². The van der Waals surface area contributed by atoms with Gasteiger partial charge in [-0.05, 0) is 25.5 Å². The molecule has 1 aromatic heterocycles. The molecule has 0 saturated carbocycles. The summed E-state index contributed by atoms with van der Waals surface area (Å²) < 4.78 is 19.7. The average molecular weight is 364 g/mol. The summed E-state index contributed by atoms with van der Waals surface area (Å²) in [7, 11) is 0. The quantitative estimate of drug-likeness (QED) is 0.643. The van der Waals surface area contributed by atoms with Gasteiger partial charge in [0.2, 0.25) is 5.00 Å². The first kappa shape index (κ1) is 17.5. The molecule has 0 bridgehead atoms. The van der Waals surface area contributed by atoms with Gasteiger partial charge < -0.3 is 4.74 Å². The molecule has 0 spiro atoms. The molecule has 3 rings (SSSR count). The second-order valence-electron chi connectivity index (χ2n) is 5.96. The highest BCUT2D eigenvalue weighted by Gasteiger charge is 2.51. The maximum Gasteiger partial charge on any atom is 0.454 e. The number of amides is 2. The van der Waals surface area contributed by atoms with E-state index in [4.69, 9.17) is 4.74 Å². The smallest absolute Gasteiger partial charge is 0.454 e. The van der Waals surface area contributed by atoms with Crippen molar-refractivity contribution in [3.63, 3.8) is 0 Å². The first-order chi connectivity index (χ1) is 11.9. The van der Waals surface area contributed by atoms with E-state index in [-0.39, 0.29) is 19.6 Å². The molecule has 0 saturated heterocycles. The highest BCUT2D eigenvalue weighted by atomic mass is 32.1. The summed E-state index contributed by atoms with van der Waals surface area (Å²) in [5, 5.41) is 7.23. The topological polar surface area (TPSA) is 67.8 Å². The molecule has 1 aliphatic heterocycles. The van der Waals surface area contributed by atoms with Gasteiger partial charge in [-0.2, -0.15) is 0 Å². The first-order valence-electron chi connectivity index (χ1n) is 7.95. The summed E-state index contributed by atoms with van der Waals surface area (Å²) in [6.07, 6.45) is 8.00. The minimum absolute atomic E-state index is 0.168. The van der Waals surface area contributed by atoms with Gasteiger partial charge in [-0.25, -0.2) is 14.0 Å². The molecule has 0 radical (unpaired) electrons. The van der Waals surface area contributed by atoms with E-state index in [1.807, 2.05) is 0 Å². The van der Waals surface area contributed by atoms with Crippen LogP contribution >= 0.6 is 11.3 Å². The molecular weight excluding hydrogens is 345 g/mol. The molecule has 6 nitrogen and oxygen atoms in total. The number of thiophene rings is 1. The molecule has 0 fully saturated rings. The van der Waals surface area contributed by atoms with Gasteiger partial charge in [-0.1, -0.05) is 39.3 Å². The van der Waals surface area contributed by atoms with Crippen molar-refractivity contribution < 1.29 is 18.7 Å². The lowest BCUT2D eigenvalue weighted by atomic mass is 9.96. The van der Waals surface area contributed by atoms with Crippen LogP contribution in [-0.2, 0) is 4.74 Å². The average Bonchev–Trinajstić information content (AvgIpc) is 3.12. The van der Waals surface area contributed by atoms with Crippen molar-refractivity contribution in [1.82, 2.24) is 9.91 Å². The minimum atomic E-state index is -1.70. The number of carbonyl (C=O) groups excluding carboxylic acids is 2. The van der Waals surface area contributed by atoms with Crippen LogP contribution in [-0.4, -0.2) is 37.2 Å². The third-order valence-electron chi connectivity index (χ3n) is 4.10. The van der Waals surface area contributed by atoms with Crippen molar-refractivity contribution in [1.29, 1.82) is 0 Å². The molecule has 2 aliphatic rings. The van der Waals surface area contributed by atoms with Crippen molar-refractivity contribution >= 4 is 34.7 Å². The van der Waals surface area contributed by atoms with Crippen LogP contribution in [0.3, 0.4) is 0 Å². The number of carbonyl (C=O) groups is 2. The molecule has 8 heteroatoms. The van der Waals surface area contributed by atoms with Crippen LogP contribution in [0.2, 0.25) is 0 Å². The highest BCUT2D eigenvalue weighted by Crippen LogP contribution is 2.40. The Morgan fingerprint density at radius 1 is 1.52 bits per heavy atom. The summed E-state index contributed by atoms with van der Waals surface area (Å²) in [5.74, 6) is -0.451. The standard InChI is InChI=1S/C17H18FN3O3S/c1-3-24-15(22)14-12(2)9-13(25-14)21(16(23)19-11-20-21)10-17(18)7-5-4-6-8-17/h4-7,9,11H,3,8,10H2,1-2H3/p+1. The summed E-state index contributed by atoms with van der Waals surface area (Å²) in [4.78, 5) is 25.0. The Morgan fingerprint density at radius 2 is 2.32 bits per heavy atom. The monoisotopic (exact) mass is 364 g/mol. The number of nitrogens with zero attached hydrogens (tertiary/aromatic N) is 2. The zero-order chi connectivity index (χ0) is 18.1. The first-order valence-corrected chi connectivity index (χ1v) is 8.76. The van der Waals surface area contributed by atoms with Gasteiger partial charge in [0.15, 0.2) is 18.6 Å². The van der Waals surface area contributed by atoms with E-state index in [0.29, 0.717) is 15.4 Å². The Balaban J connectivity index is 2.00. The third-order valence-corrected chi connectivity index (χ3v) is 5.42.